The van der Waals surface area contributed by atoms with Gasteiger partial charge in [-0.05, 0) is 49.7 Å². The zero-order valence-electron chi connectivity index (χ0n) is 17.8. The van der Waals surface area contributed by atoms with Crippen molar-refractivity contribution in [1.82, 2.24) is 5.32 Å². The zero-order chi connectivity index (χ0) is 22.5. The normalized spacial score (nSPS) is 10.7. The minimum absolute atomic E-state index is 0.125. The van der Waals surface area contributed by atoms with Crippen LogP contribution in [-0.2, 0) is 11.3 Å². The van der Waals surface area contributed by atoms with Gasteiger partial charge in [-0.15, -0.1) is 0 Å². The molecule has 0 aliphatic heterocycles. The Morgan fingerprint density at radius 1 is 1.10 bits per heavy atom. The molecular formula is C23H24N2O6. The number of carbonyl (C=O) groups is 2. The van der Waals surface area contributed by atoms with Crippen molar-refractivity contribution in [1.29, 1.82) is 0 Å². The Bertz CT molecular complexity index is 1170. The summed E-state index contributed by atoms with van der Waals surface area (Å²) in [5, 5.41) is 5.91. The second kappa shape index (κ2) is 9.34. The number of methoxy groups -OCH3 is 1. The molecule has 3 aromatic rings. The second-order valence-electron chi connectivity index (χ2n) is 7.19. The number of hydrogen-bond donors (Lipinski definition) is 2. The molecule has 0 aliphatic carbocycles. The molecule has 0 aliphatic rings. The molecule has 0 atom stereocenters. The third-order valence-corrected chi connectivity index (χ3v) is 4.39. The maximum atomic E-state index is 12.7. The molecule has 0 unspecified atom stereocenters. The molecule has 0 fully saturated rings. The monoisotopic (exact) mass is 424 g/mol. The van der Waals surface area contributed by atoms with E-state index in [-0.39, 0.29) is 23.2 Å². The molecule has 162 valence electrons. The highest BCUT2D eigenvalue weighted by atomic mass is 16.5. The predicted molar refractivity (Wildman–Crippen MR) is 117 cm³/mol. The van der Waals surface area contributed by atoms with E-state index in [4.69, 9.17) is 13.9 Å². The van der Waals surface area contributed by atoms with E-state index in [9.17, 15) is 14.4 Å². The van der Waals surface area contributed by atoms with Crippen molar-refractivity contribution < 1.29 is 23.5 Å². The highest BCUT2D eigenvalue weighted by molar-refractivity contribution is 6.05. The average molecular weight is 424 g/mol. The van der Waals surface area contributed by atoms with Crippen LogP contribution in [-0.4, -0.2) is 25.0 Å². The molecule has 0 spiro atoms. The van der Waals surface area contributed by atoms with E-state index in [0.717, 1.165) is 5.56 Å². The molecule has 0 bridgehead atoms. The standard InChI is InChI=1S/C23H24N2O6/c1-13(2)30-21-19(29-4)10-7-16-11-18(23(28)31-20(16)21)22(27)25-17-8-5-15(6-9-17)12-24-14(3)26/h5-11,13H,12H2,1-4H3,(H,24,26)(H,25,27). The first-order valence-corrected chi connectivity index (χ1v) is 9.74. The summed E-state index contributed by atoms with van der Waals surface area (Å²) in [5.41, 5.74) is 0.696. The van der Waals surface area contributed by atoms with Crippen molar-refractivity contribution >= 4 is 28.5 Å². The summed E-state index contributed by atoms with van der Waals surface area (Å²) < 4.78 is 16.5. The van der Waals surface area contributed by atoms with Crippen LogP contribution in [0.5, 0.6) is 11.5 Å². The highest BCUT2D eigenvalue weighted by Gasteiger charge is 2.19. The molecule has 0 radical (unpaired) electrons. The Hall–Kier alpha value is -3.81. The van der Waals surface area contributed by atoms with E-state index in [2.05, 4.69) is 10.6 Å². The molecule has 8 nitrogen and oxygen atoms in total. The summed E-state index contributed by atoms with van der Waals surface area (Å²) in [5.74, 6) is 0.0297. The van der Waals surface area contributed by atoms with E-state index in [1.165, 1.54) is 20.1 Å². The van der Waals surface area contributed by atoms with Gasteiger partial charge in [0.1, 0.15) is 5.56 Å². The fraction of sp³-hybridized carbons (Fsp3) is 0.261. The lowest BCUT2D eigenvalue weighted by molar-refractivity contribution is -0.119. The van der Waals surface area contributed by atoms with E-state index in [1.54, 1.807) is 36.4 Å². The van der Waals surface area contributed by atoms with Crippen LogP contribution in [0.25, 0.3) is 11.0 Å². The van der Waals surface area contributed by atoms with Crippen molar-refractivity contribution in [2.24, 2.45) is 0 Å². The van der Waals surface area contributed by atoms with Crippen LogP contribution in [0.4, 0.5) is 5.69 Å². The quantitative estimate of drug-likeness (QED) is 0.563. The molecule has 1 heterocycles. The molecule has 2 aromatic carbocycles. The Balaban J connectivity index is 1.87. The number of rotatable bonds is 7. The molecule has 1 aromatic heterocycles. The van der Waals surface area contributed by atoms with Gasteiger partial charge in [0.05, 0.1) is 13.2 Å². The Labute approximate surface area is 179 Å². The van der Waals surface area contributed by atoms with E-state index in [1.807, 2.05) is 13.8 Å². The molecule has 2 N–H and O–H groups in total. The summed E-state index contributed by atoms with van der Waals surface area (Å²) >= 11 is 0. The lowest BCUT2D eigenvalue weighted by Crippen LogP contribution is -2.21. The Kier molecular flexibility index (Phi) is 6.59. The summed E-state index contributed by atoms with van der Waals surface area (Å²) in [6.45, 7) is 5.53. The van der Waals surface area contributed by atoms with E-state index < -0.39 is 11.5 Å². The van der Waals surface area contributed by atoms with Crippen LogP contribution in [0.3, 0.4) is 0 Å². The third-order valence-electron chi connectivity index (χ3n) is 4.39. The number of anilines is 1. The van der Waals surface area contributed by atoms with Crippen molar-refractivity contribution in [3.63, 3.8) is 0 Å². The summed E-state index contributed by atoms with van der Waals surface area (Å²) in [7, 11) is 1.50. The largest absolute Gasteiger partial charge is 0.493 e. The number of amides is 2. The van der Waals surface area contributed by atoms with Crippen molar-refractivity contribution in [3.05, 3.63) is 64.0 Å². The summed E-state index contributed by atoms with van der Waals surface area (Å²) in [4.78, 5) is 36.2. The molecule has 31 heavy (non-hydrogen) atoms. The van der Waals surface area contributed by atoms with Crippen LogP contribution in [0, 0.1) is 0 Å². The molecular weight excluding hydrogens is 400 g/mol. The molecule has 2 amide bonds. The van der Waals surface area contributed by atoms with Gasteiger partial charge in [-0.1, -0.05) is 12.1 Å². The lowest BCUT2D eigenvalue weighted by atomic mass is 10.1. The predicted octanol–water partition coefficient (Wildman–Crippen LogP) is 3.48. The third kappa shape index (κ3) is 5.22. The lowest BCUT2D eigenvalue weighted by Gasteiger charge is -2.15. The van der Waals surface area contributed by atoms with Crippen LogP contribution < -0.4 is 25.7 Å². The molecule has 0 saturated heterocycles. The van der Waals surface area contributed by atoms with E-state index in [0.29, 0.717) is 29.1 Å². The highest BCUT2D eigenvalue weighted by Crippen LogP contribution is 2.36. The van der Waals surface area contributed by atoms with Crippen LogP contribution in [0.2, 0.25) is 0 Å². The first-order valence-electron chi connectivity index (χ1n) is 9.74. The molecule has 8 heteroatoms. The van der Waals surface area contributed by atoms with E-state index >= 15 is 0 Å². The van der Waals surface area contributed by atoms with Gasteiger partial charge in [0.2, 0.25) is 11.7 Å². The van der Waals surface area contributed by atoms with Crippen LogP contribution in [0.15, 0.2) is 51.7 Å². The van der Waals surface area contributed by atoms with Gasteiger partial charge >= 0.3 is 5.63 Å². The molecule has 3 rings (SSSR count). The summed E-state index contributed by atoms with van der Waals surface area (Å²) in [6.07, 6.45) is -0.165. The fourth-order valence-electron chi connectivity index (χ4n) is 2.94. The minimum Gasteiger partial charge on any atom is -0.493 e. The first-order chi connectivity index (χ1) is 14.8. The van der Waals surface area contributed by atoms with Crippen molar-refractivity contribution in [2.75, 3.05) is 12.4 Å². The zero-order valence-corrected chi connectivity index (χ0v) is 17.8. The minimum atomic E-state index is -0.783. The maximum absolute atomic E-state index is 12.7. The van der Waals surface area contributed by atoms with Gasteiger partial charge < -0.3 is 24.5 Å². The number of carbonyl (C=O) groups excluding carboxylic acids is 2. The van der Waals surface area contributed by atoms with Crippen molar-refractivity contribution in [3.8, 4) is 11.5 Å². The SMILES string of the molecule is COc1ccc2cc(C(=O)Nc3ccc(CNC(C)=O)cc3)c(=O)oc2c1OC(C)C. The first kappa shape index (κ1) is 21.9. The fourth-order valence-corrected chi connectivity index (χ4v) is 2.94. The van der Waals surface area contributed by atoms with Gasteiger partial charge in [-0.25, -0.2) is 4.79 Å². The van der Waals surface area contributed by atoms with Gasteiger partial charge in [0.15, 0.2) is 11.3 Å². The number of ether oxygens (including phenoxy) is 2. The van der Waals surface area contributed by atoms with Gasteiger partial charge in [0.25, 0.3) is 5.91 Å². The van der Waals surface area contributed by atoms with Crippen LogP contribution >= 0.6 is 0 Å². The van der Waals surface area contributed by atoms with Gasteiger partial charge in [0, 0.05) is 24.5 Å². The van der Waals surface area contributed by atoms with Crippen molar-refractivity contribution in [2.45, 2.75) is 33.4 Å². The number of nitrogens with one attached hydrogen (secondary N) is 2. The molecule has 0 saturated carbocycles. The number of fused-ring (bicyclic) bond motifs is 1. The van der Waals surface area contributed by atoms with Crippen LogP contribution in [0.1, 0.15) is 36.7 Å². The Morgan fingerprint density at radius 2 is 1.81 bits per heavy atom. The average Bonchev–Trinajstić information content (AvgIpc) is 2.73. The smallest absolute Gasteiger partial charge is 0.349 e. The van der Waals surface area contributed by atoms with Gasteiger partial charge in [-0.2, -0.15) is 0 Å². The maximum Gasteiger partial charge on any atom is 0.349 e. The van der Waals surface area contributed by atoms with Gasteiger partial charge in [-0.3, -0.25) is 9.59 Å². The summed E-state index contributed by atoms with van der Waals surface area (Å²) in [6, 6.07) is 11.8. The second-order valence-corrected chi connectivity index (χ2v) is 7.19. The number of benzene rings is 2. The topological polar surface area (TPSA) is 107 Å². The number of hydrogen-bond acceptors (Lipinski definition) is 6. The Morgan fingerprint density at radius 3 is 2.42 bits per heavy atom.